The first-order valence-electron chi connectivity index (χ1n) is 10.2. The SMILES string of the molecule is CC(C)C(=O)N1CCC(C(=O)N(Cc2ccccc2)Cc2ccccc2)CC1. The Bertz CT molecular complexity index is 724. The van der Waals surface area contributed by atoms with E-state index >= 15 is 0 Å². The number of carbonyl (C=O) groups is 2. The number of likely N-dealkylation sites (tertiary alicyclic amines) is 1. The summed E-state index contributed by atoms with van der Waals surface area (Å²) in [6.07, 6.45) is 1.49. The van der Waals surface area contributed by atoms with Gasteiger partial charge in [-0.05, 0) is 24.0 Å². The molecule has 148 valence electrons. The molecule has 1 fully saturated rings. The molecule has 3 rings (SSSR count). The van der Waals surface area contributed by atoms with E-state index in [9.17, 15) is 9.59 Å². The van der Waals surface area contributed by atoms with E-state index in [0.717, 1.165) is 24.0 Å². The van der Waals surface area contributed by atoms with E-state index in [4.69, 9.17) is 0 Å². The largest absolute Gasteiger partial charge is 0.342 e. The smallest absolute Gasteiger partial charge is 0.226 e. The van der Waals surface area contributed by atoms with Crippen LogP contribution in [0.3, 0.4) is 0 Å². The van der Waals surface area contributed by atoms with Crippen LogP contribution in [0, 0.1) is 11.8 Å². The van der Waals surface area contributed by atoms with Crippen LogP contribution in [0.1, 0.15) is 37.8 Å². The van der Waals surface area contributed by atoms with Crippen molar-refractivity contribution in [3.05, 3.63) is 71.8 Å². The second-order valence-electron chi connectivity index (χ2n) is 7.92. The molecule has 1 aliphatic rings. The van der Waals surface area contributed by atoms with Crippen LogP contribution in [-0.2, 0) is 22.7 Å². The Morgan fingerprint density at radius 3 is 1.79 bits per heavy atom. The maximum Gasteiger partial charge on any atom is 0.226 e. The van der Waals surface area contributed by atoms with Crippen molar-refractivity contribution in [3.63, 3.8) is 0 Å². The molecule has 0 bridgehead atoms. The van der Waals surface area contributed by atoms with Crippen molar-refractivity contribution in [2.24, 2.45) is 11.8 Å². The number of nitrogens with zero attached hydrogens (tertiary/aromatic N) is 2. The minimum absolute atomic E-state index is 0.0105. The van der Waals surface area contributed by atoms with Gasteiger partial charge in [0.05, 0.1) is 0 Å². The van der Waals surface area contributed by atoms with Crippen molar-refractivity contribution < 1.29 is 9.59 Å². The van der Waals surface area contributed by atoms with Crippen molar-refractivity contribution in [3.8, 4) is 0 Å². The van der Waals surface area contributed by atoms with E-state index in [1.807, 2.05) is 60.0 Å². The fourth-order valence-electron chi connectivity index (χ4n) is 3.79. The molecule has 0 spiro atoms. The molecule has 0 unspecified atom stereocenters. The molecular formula is C24H30N2O2. The third-order valence-electron chi connectivity index (χ3n) is 5.39. The second kappa shape index (κ2) is 9.54. The third kappa shape index (κ3) is 5.22. The topological polar surface area (TPSA) is 40.6 Å². The molecule has 28 heavy (non-hydrogen) atoms. The molecule has 1 aliphatic heterocycles. The summed E-state index contributed by atoms with van der Waals surface area (Å²) >= 11 is 0. The van der Waals surface area contributed by atoms with Crippen LogP contribution < -0.4 is 0 Å². The highest BCUT2D eigenvalue weighted by Crippen LogP contribution is 2.23. The maximum atomic E-state index is 13.3. The van der Waals surface area contributed by atoms with Gasteiger partial charge in [-0.1, -0.05) is 74.5 Å². The highest BCUT2D eigenvalue weighted by atomic mass is 16.2. The van der Waals surface area contributed by atoms with Gasteiger partial charge in [0.15, 0.2) is 0 Å². The van der Waals surface area contributed by atoms with Gasteiger partial charge in [0.1, 0.15) is 0 Å². The number of rotatable bonds is 6. The van der Waals surface area contributed by atoms with Crippen LogP contribution in [0.4, 0.5) is 0 Å². The van der Waals surface area contributed by atoms with Crippen LogP contribution in [0.5, 0.6) is 0 Å². The summed E-state index contributed by atoms with van der Waals surface area (Å²) in [6, 6.07) is 20.3. The molecular weight excluding hydrogens is 348 g/mol. The Hall–Kier alpha value is -2.62. The minimum atomic E-state index is -0.0105. The molecule has 0 saturated carbocycles. The van der Waals surface area contributed by atoms with Crippen molar-refractivity contribution in [1.82, 2.24) is 9.80 Å². The van der Waals surface area contributed by atoms with Crippen LogP contribution in [0.15, 0.2) is 60.7 Å². The number of piperidine rings is 1. The van der Waals surface area contributed by atoms with E-state index in [0.29, 0.717) is 26.2 Å². The van der Waals surface area contributed by atoms with E-state index < -0.39 is 0 Å². The summed E-state index contributed by atoms with van der Waals surface area (Å²) in [6.45, 7) is 6.44. The zero-order valence-corrected chi connectivity index (χ0v) is 16.9. The van der Waals surface area contributed by atoms with E-state index in [1.54, 1.807) is 0 Å². The van der Waals surface area contributed by atoms with E-state index in [2.05, 4.69) is 24.3 Å². The third-order valence-corrected chi connectivity index (χ3v) is 5.39. The molecule has 2 amide bonds. The average molecular weight is 379 g/mol. The van der Waals surface area contributed by atoms with Crippen molar-refractivity contribution >= 4 is 11.8 Å². The minimum Gasteiger partial charge on any atom is -0.342 e. The Balaban J connectivity index is 1.69. The zero-order chi connectivity index (χ0) is 19.9. The summed E-state index contributed by atoms with van der Waals surface area (Å²) < 4.78 is 0. The van der Waals surface area contributed by atoms with E-state index in [-0.39, 0.29) is 23.7 Å². The highest BCUT2D eigenvalue weighted by Gasteiger charge is 2.31. The number of amides is 2. The molecule has 4 nitrogen and oxygen atoms in total. The molecule has 2 aromatic carbocycles. The predicted molar refractivity (Wildman–Crippen MR) is 111 cm³/mol. The number of benzene rings is 2. The summed E-state index contributed by atoms with van der Waals surface area (Å²) in [5.41, 5.74) is 2.28. The first-order chi connectivity index (χ1) is 13.5. The number of hydrogen-bond donors (Lipinski definition) is 0. The quantitative estimate of drug-likeness (QED) is 0.759. The fourth-order valence-corrected chi connectivity index (χ4v) is 3.79. The summed E-state index contributed by atoms with van der Waals surface area (Å²) in [4.78, 5) is 29.4. The van der Waals surface area contributed by atoms with E-state index in [1.165, 1.54) is 0 Å². The van der Waals surface area contributed by atoms with Crippen molar-refractivity contribution in [2.75, 3.05) is 13.1 Å². The predicted octanol–water partition coefficient (Wildman–Crippen LogP) is 4.11. The van der Waals surface area contributed by atoms with Gasteiger partial charge in [0.25, 0.3) is 0 Å². The Morgan fingerprint density at radius 2 is 1.36 bits per heavy atom. The second-order valence-corrected chi connectivity index (χ2v) is 7.92. The van der Waals surface area contributed by atoms with Crippen molar-refractivity contribution in [1.29, 1.82) is 0 Å². The molecule has 2 aromatic rings. The molecule has 4 heteroatoms. The zero-order valence-electron chi connectivity index (χ0n) is 16.9. The fraction of sp³-hybridized carbons (Fsp3) is 0.417. The Morgan fingerprint density at radius 1 is 0.893 bits per heavy atom. The Labute approximate surface area is 168 Å². The van der Waals surface area contributed by atoms with Gasteiger partial charge in [-0.15, -0.1) is 0 Å². The summed E-state index contributed by atoms with van der Waals surface area (Å²) in [5, 5.41) is 0. The van der Waals surface area contributed by atoms with Gasteiger partial charge in [0.2, 0.25) is 11.8 Å². The van der Waals surface area contributed by atoms with Gasteiger partial charge in [-0.25, -0.2) is 0 Å². The van der Waals surface area contributed by atoms with Gasteiger partial charge in [0, 0.05) is 38.0 Å². The monoisotopic (exact) mass is 378 g/mol. The molecule has 1 heterocycles. The van der Waals surface area contributed by atoms with Crippen LogP contribution in [-0.4, -0.2) is 34.7 Å². The molecule has 0 radical (unpaired) electrons. The lowest BCUT2D eigenvalue weighted by atomic mass is 9.94. The molecule has 0 N–H and O–H groups in total. The first-order valence-corrected chi connectivity index (χ1v) is 10.2. The molecule has 0 atom stereocenters. The summed E-state index contributed by atoms with van der Waals surface area (Å²) in [5.74, 6) is 0.393. The van der Waals surface area contributed by atoms with Crippen LogP contribution >= 0.6 is 0 Å². The highest BCUT2D eigenvalue weighted by molar-refractivity contribution is 5.81. The first kappa shape index (κ1) is 20.1. The number of carbonyl (C=O) groups excluding carboxylic acids is 2. The maximum absolute atomic E-state index is 13.3. The lowest BCUT2D eigenvalue weighted by Crippen LogP contribution is -2.45. The summed E-state index contributed by atoms with van der Waals surface area (Å²) in [7, 11) is 0. The van der Waals surface area contributed by atoms with Crippen LogP contribution in [0.2, 0.25) is 0 Å². The van der Waals surface area contributed by atoms with Crippen molar-refractivity contribution in [2.45, 2.75) is 39.8 Å². The Kier molecular flexibility index (Phi) is 6.85. The molecule has 1 saturated heterocycles. The molecule has 0 aromatic heterocycles. The van der Waals surface area contributed by atoms with Gasteiger partial charge >= 0.3 is 0 Å². The van der Waals surface area contributed by atoms with Gasteiger partial charge < -0.3 is 9.80 Å². The number of hydrogen-bond acceptors (Lipinski definition) is 2. The lowest BCUT2D eigenvalue weighted by Gasteiger charge is -2.35. The average Bonchev–Trinajstić information content (AvgIpc) is 2.74. The molecule has 0 aliphatic carbocycles. The van der Waals surface area contributed by atoms with Gasteiger partial charge in [-0.3, -0.25) is 9.59 Å². The standard InChI is InChI=1S/C24H30N2O2/c1-19(2)23(27)25-15-13-22(14-16-25)24(28)26(17-20-9-5-3-6-10-20)18-21-11-7-4-8-12-21/h3-12,19,22H,13-18H2,1-2H3. The van der Waals surface area contributed by atoms with Gasteiger partial charge in [-0.2, -0.15) is 0 Å². The normalized spacial score (nSPS) is 14.9. The lowest BCUT2D eigenvalue weighted by molar-refractivity contribution is -0.142. The van der Waals surface area contributed by atoms with Crippen LogP contribution in [0.25, 0.3) is 0 Å².